The first kappa shape index (κ1) is 21.6. The number of aromatic amines is 1. The van der Waals surface area contributed by atoms with Crippen molar-refractivity contribution in [3.63, 3.8) is 0 Å². The van der Waals surface area contributed by atoms with Crippen LogP contribution in [0.15, 0.2) is 52.9 Å². The normalized spacial score (nSPS) is 29.0. The molecule has 0 amide bonds. The van der Waals surface area contributed by atoms with Gasteiger partial charge in [-0.25, -0.2) is 9.89 Å². The fourth-order valence-corrected chi connectivity index (χ4v) is 4.92. The van der Waals surface area contributed by atoms with Crippen LogP contribution in [-0.2, 0) is 30.2 Å². The highest BCUT2D eigenvalue weighted by Crippen LogP contribution is 2.49. The number of nitrogens with zero attached hydrogens (tertiary/aromatic N) is 1. The molecule has 2 fully saturated rings. The molecule has 172 valence electrons. The molecule has 1 N–H and O–H groups in total. The third kappa shape index (κ3) is 4.11. The number of epoxide rings is 1. The highest BCUT2D eigenvalue weighted by atomic mass is 16.6. The largest absolute Gasteiger partial charge is 0.461 e. The number of aromatic nitrogens is 2. The molecule has 2 saturated heterocycles. The van der Waals surface area contributed by atoms with Crippen molar-refractivity contribution in [2.45, 2.75) is 56.8 Å². The molecule has 3 aliphatic rings. The molecule has 1 aromatic carbocycles. The molecule has 0 spiro atoms. The Balaban J connectivity index is 1.26. The van der Waals surface area contributed by atoms with Gasteiger partial charge in [0.05, 0.1) is 23.1 Å². The minimum absolute atomic E-state index is 0.0397. The number of hydrogen-bond donors (Lipinski definition) is 1. The van der Waals surface area contributed by atoms with E-state index in [0.717, 1.165) is 18.4 Å². The van der Waals surface area contributed by atoms with Crippen molar-refractivity contribution in [2.75, 3.05) is 6.61 Å². The lowest BCUT2D eigenvalue weighted by Gasteiger charge is -2.20. The second-order valence-corrected chi connectivity index (χ2v) is 9.17. The van der Waals surface area contributed by atoms with E-state index in [-0.39, 0.29) is 48.3 Å². The van der Waals surface area contributed by atoms with E-state index in [4.69, 9.17) is 14.2 Å². The van der Waals surface area contributed by atoms with E-state index in [9.17, 15) is 14.4 Å². The Morgan fingerprint density at radius 2 is 2.09 bits per heavy atom. The average molecular weight is 450 g/mol. The van der Waals surface area contributed by atoms with Crippen LogP contribution in [0.3, 0.4) is 0 Å². The van der Waals surface area contributed by atoms with Gasteiger partial charge >= 0.3 is 11.9 Å². The zero-order valence-electron chi connectivity index (χ0n) is 18.5. The molecule has 1 aliphatic carbocycles. The van der Waals surface area contributed by atoms with Crippen molar-refractivity contribution in [2.24, 2.45) is 5.92 Å². The van der Waals surface area contributed by atoms with Crippen molar-refractivity contribution in [1.29, 1.82) is 0 Å². The number of esters is 2. The van der Waals surface area contributed by atoms with Crippen LogP contribution in [0.2, 0.25) is 0 Å². The molecule has 5 rings (SSSR count). The molecule has 3 heterocycles. The topological polar surface area (TPSA) is 111 Å². The Morgan fingerprint density at radius 1 is 1.30 bits per heavy atom. The first-order chi connectivity index (χ1) is 15.9. The van der Waals surface area contributed by atoms with Crippen molar-refractivity contribution >= 4 is 22.7 Å². The monoisotopic (exact) mass is 450 g/mol. The summed E-state index contributed by atoms with van der Waals surface area (Å²) in [6, 6.07) is 7.04. The third-order valence-electron chi connectivity index (χ3n) is 6.94. The summed E-state index contributed by atoms with van der Waals surface area (Å²) in [5.41, 5.74) is 1.36. The molecule has 8 heteroatoms. The zero-order chi connectivity index (χ0) is 23.2. The number of allylic oxidation sites excluding steroid dienone is 1. The molecule has 33 heavy (non-hydrogen) atoms. The van der Waals surface area contributed by atoms with Gasteiger partial charge in [0, 0.05) is 16.9 Å². The van der Waals surface area contributed by atoms with Crippen LogP contribution in [0.4, 0.5) is 0 Å². The Hall–Kier alpha value is -3.26. The van der Waals surface area contributed by atoms with Crippen molar-refractivity contribution in [3.8, 4) is 0 Å². The smallest absolute Gasteiger partial charge is 0.334 e. The van der Waals surface area contributed by atoms with Crippen molar-refractivity contribution < 1.29 is 23.8 Å². The van der Waals surface area contributed by atoms with Gasteiger partial charge in [0.15, 0.2) is 0 Å². The molecule has 0 radical (unpaired) electrons. The SMILES string of the molecule is C=C1C(=O)O[C@H]2[C@H]1CCC(COC(=O)Cc1n[nH]c(=O)c3ccccc13)=CCC[C@@]1(C)O[C@@H]21. The van der Waals surface area contributed by atoms with Gasteiger partial charge in [0.25, 0.3) is 5.56 Å². The summed E-state index contributed by atoms with van der Waals surface area (Å²) in [7, 11) is 0. The summed E-state index contributed by atoms with van der Waals surface area (Å²) >= 11 is 0. The van der Waals surface area contributed by atoms with Crippen molar-refractivity contribution in [3.05, 3.63) is 64.1 Å². The highest BCUT2D eigenvalue weighted by molar-refractivity contribution is 5.91. The minimum atomic E-state index is -0.420. The van der Waals surface area contributed by atoms with Gasteiger partial charge in [-0.15, -0.1) is 0 Å². The third-order valence-corrected chi connectivity index (χ3v) is 6.94. The first-order valence-electron chi connectivity index (χ1n) is 11.2. The van der Waals surface area contributed by atoms with Crippen LogP contribution in [0.1, 0.15) is 38.3 Å². The van der Waals surface area contributed by atoms with Crippen LogP contribution >= 0.6 is 0 Å². The summed E-state index contributed by atoms with van der Waals surface area (Å²) in [4.78, 5) is 36.6. The maximum absolute atomic E-state index is 12.6. The van der Waals surface area contributed by atoms with E-state index in [1.54, 1.807) is 24.3 Å². The number of rotatable bonds is 4. The maximum atomic E-state index is 12.6. The maximum Gasteiger partial charge on any atom is 0.334 e. The van der Waals surface area contributed by atoms with Gasteiger partial charge < -0.3 is 14.2 Å². The highest BCUT2D eigenvalue weighted by Gasteiger charge is 2.61. The molecule has 2 aromatic rings. The number of fused-ring (bicyclic) bond motifs is 4. The van der Waals surface area contributed by atoms with Crippen LogP contribution < -0.4 is 5.56 Å². The van der Waals surface area contributed by atoms with Gasteiger partial charge in [-0.2, -0.15) is 5.10 Å². The fourth-order valence-electron chi connectivity index (χ4n) is 4.92. The lowest BCUT2D eigenvalue weighted by molar-refractivity contribution is -0.142. The summed E-state index contributed by atoms with van der Waals surface area (Å²) in [5.74, 6) is -0.866. The number of hydrogen-bond acceptors (Lipinski definition) is 7. The lowest BCUT2D eigenvalue weighted by Crippen LogP contribution is -2.29. The summed E-state index contributed by atoms with van der Waals surface area (Å²) in [5, 5.41) is 7.61. The molecule has 2 aliphatic heterocycles. The standard InChI is InChI=1S/C25H26N2O6/c1-14-16-10-9-15(6-5-11-25(2)22(33-25)21(16)32-24(14)30)13-31-20(28)12-19-17-7-3-4-8-18(17)23(29)27-26-19/h3-4,6-8,16,21-22H,1,5,9-13H2,2H3,(H,27,29)/t16-,21-,22-,25+/m0/s1. The quantitative estimate of drug-likeness (QED) is 0.330. The molecule has 1 aromatic heterocycles. The van der Waals surface area contributed by atoms with E-state index in [2.05, 4.69) is 22.9 Å². The summed E-state index contributed by atoms with van der Waals surface area (Å²) < 4.78 is 17.1. The minimum Gasteiger partial charge on any atom is -0.461 e. The van der Waals surface area contributed by atoms with Gasteiger partial charge in [0.1, 0.15) is 18.8 Å². The van der Waals surface area contributed by atoms with Crippen LogP contribution in [0, 0.1) is 5.92 Å². The Kier molecular flexibility index (Phi) is 5.40. The van der Waals surface area contributed by atoms with Crippen LogP contribution in [0.5, 0.6) is 0 Å². The zero-order valence-corrected chi connectivity index (χ0v) is 18.5. The first-order valence-corrected chi connectivity index (χ1v) is 11.2. The van der Waals surface area contributed by atoms with Crippen LogP contribution in [0.25, 0.3) is 10.8 Å². The van der Waals surface area contributed by atoms with E-state index in [1.807, 2.05) is 6.92 Å². The lowest BCUT2D eigenvalue weighted by atomic mass is 9.84. The Bertz CT molecular complexity index is 1230. The van der Waals surface area contributed by atoms with Gasteiger partial charge in [-0.05, 0) is 44.2 Å². The van der Waals surface area contributed by atoms with E-state index in [0.29, 0.717) is 34.9 Å². The molecular weight excluding hydrogens is 424 g/mol. The molecule has 4 atom stereocenters. The second kappa shape index (κ2) is 8.26. The Labute approximate surface area is 190 Å². The Morgan fingerprint density at radius 3 is 2.91 bits per heavy atom. The molecule has 8 nitrogen and oxygen atoms in total. The van der Waals surface area contributed by atoms with E-state index in [1.165, 1.54) is 0 Å². The molecular formula is C25H26N2O6. The second-order valence-electron chi connectivity index (χ2n) is 9.17. The molecule has 0 saturated carbocycles. The number of benzene rings is 1. The number of ether oxygens (including phenoxy) is 3. The van der Waals surface area contributed by atoms with Crippen LogP contribution in [-0.4, -0.2) is 46.6 Å². The number of nitrogens with one attached hydrogen (secondary N) is 1. The predicted molar refractivity (Wildman–Crippen MR) is 119 cm³/mol. The number of carbonyl (C=O) groups excluding carboxylic acids is 2. The van der Waals surface area contributed by atoms with Gasteiger partial charge in [0.2, 0.25) is 0 Å². The number of carbonyl (C=O) groups is 2. The predicted octanol–water partition coefficient (Wildman–Crippen LogP) is 2.76. The summed E-state index contributed by atoms with van der Waals surface area (Å²) in [6.45, 7) is 6.14. The van der Waals surface area contributed by atoms with E-state index < -0.39 is 5.97 Å². The fraction of sp³-hybridized carbons (Fsp3) is 0.440. The number of H-pyrrole nitrogens is 1. The van der Waals surface area contributed by atoms with E-state index >= 15 is 0 Å². The van der Waals surface area contributed by atoms with Crippen molar-refractivity contribution in [1.82, 2.24) is 10.2 Å². The van der Waals surface area contributed by atoms with Gasteiger partial charge in [-0.1, -0.05) is 30.9 Å². The summed E-state index contributed by atoms with van der Waals surface area (Å²) in [6.07, 6.45) is 4.63. The molecule has 0 bridgehead atoms. The van der Waals surface area contributed by atoms with Gasteiger partial charge in [-0.3, -0.25) is 9.59 Å². The average Bonchev–Trinajstić information content (AvgIpc) is 3.39. The molecule has 0 unspecified atom stereocenters.